The lowest BCUT2D eigenvalue weighted by Crippen LogP contribution is -2.51. The van der Waals surface area contributed by atoms with Gasteiger partial charge in [0.1, 0.15) is 5.75 Å². The van der Waals surface area contributed by atoms with Gasteiger partial charge in [0, 0.05) is 23.5 Å². The number of thioether (sulfide) groups is 1. The van der Waals surface area contributed by atoms with Gasteiger partial charge in [0.2, 0.25) is 0 Å². The van der Waals surface area contributed by atoms with Crippen molar-refractivity contribution in [2.45, 2.75) is 18.3 Å². The average Bonchev–Trinajstić information content (AvgIpc) is 3.37. The number of rotatable bonds is 4. The predicted octanol–water partition coefficient (Wildman–Crippen LogP) is 4.98. The summed E-state index contributed by atoms with van der Waals surface area (Å²) in [7, 11) is 1.63. The van der Waals surface area contributed by atoms with Crippen molar-refractivity contribution in [3.63, 3.8) is 0 Å². The monoisotopic (exact) mass is 459 g/mol. The maximum absolute atomic E-state index is 14.1. The van der Waals surface area contributed by atoms with Gasteiger partial charge in [0.25, 0.3) is 5.91 Å². The highest BCUT2D eigenvalue weighted by Gasteiger charge is 2.59. The molecule has 0 unspecified atom stereocenters. The first-order chi connectivity index (χ1) is 16.0. The Morgan fingerprint density at radius 2 is 1.91 bits per heavy atom. The average molecular weight is 460 g/mol. The van der Waals surface area contributed by atoms with E-state index < -0.39 is 4.87 Å². The minimum Gasteiger partial charge on any atom is -0.497 e. The van der Waals surface area contributed by atoms with E-state index in [-0.39, 0.29) is 11.9 Å². The summed E-state index contributed by atoms with van der Waals surface area (Å²) in [5, 5.41) is 2.97. The van der Waals surface area contributed by atoms with E-state index >= 15 is 0 Å². The number of benzene rings is 3. The normalized spacial score (nSPS) is 19.2. The van der Waals surface area contributed by atoms with E-state index in [4.69, 9.17) is 4.74 Å². The number of hydrogen-bond donors (Lipinski definition) is 1. The molecule has 0 aliphatic carbocycles. The maximum Gasteiger partial charge on any atom is 0.323 e. The molecule has 1 fully saturated rings. The Hall–Kier alpha value is -3.45. The largest absolute Gasteiger partial charge is 0.497 e. The Kier molecular flexibility index (Phi) is 5.50. The summed E-state index contributed by atoms with van der Waals surface area (Å²) >= 11 is 1.53. The summed E-state index contributed by atoms with van der Waals surface area (Å²) in [5.74, 6) is 1.35. The van der Waals surface area contributed by atoms with E-state index in [9.17, 15) is 9.59 Å². The van der Waals surface area contributed by atoms with Crippen LogP contribution in [-0.2, 0) is 16.2 Å². The fourth-order valence-electron chi connectivity index (χ4n) is 4.55. The SMILES string of the molecule is COc1cccc(CN2C(=O)[C@]3(SCCN3C(=O)Nc3ccccc3)c3cc(C)ccc32)c1. The first-order valence-corrected chi connectivity index (χ1v) is 11.8. The highest BCUT2D eigenvalue weighted by Crippen LogP contribution is 2.54. The van der Waals surface area contributed by atoms with Gasteiger partial charge in [-0.2, -0.15) is 0 Å². The van der Waals surface area contributed by atoms with E-state index in [0.717, 1.165) is 28.1 Å². The van der Waals surface area contributed by atoms with Crippen molar-refractivity contribution in [2.24, 2.45) is 0 Å². The fraction of sp³-hybridized carbons (Fsp3) is 0.231. The Morgan fingerprint density at radius 3 is 2.70 bits per heavy atom. The van der Waals surface area contributed by atoms with Gasteiger partial charge in [-0.3, -0.25) is 9.69 Å². The third-order valence-electron chi connectivity index (χ3n) is 6.09. The van der Waals surface area contributed by atoms with Crippen LogP contribution in [-0.4, -0.2) is 36.2 Å². The molecule has 33 heavy (non-hydrogen) atoms. The van der Waals surface area contributed by atoms with Gasteiger partial charge in [-0.25, -0.2) is 4.79 Å². The molecule has 3 aromatic carbocycles. The van der Waals surface area contributed by atoms with Crippen LogP contribution in [0.25, 0.3) is 0 Å². The summed E-state index contributed by atoms with van der Waals surface area (Å²) in [5.41, 5.74) is 4.45. The lowest BCUT2D eigenvalue weighted by Gasteiger charge is -2.33. The Morgan fingerprint density at radius 1 is 1.09 bits per heavy atom. The minimum atomic E-state index is -1.07. The molecular weight excluding hydrogens is 434 g/mol. The van der Waals surface area contributed by atoms with Gasteiger partial charge in [-0.15, -0.1) is 11.8 Å². The minimum absolute atomic E-state index is 0.0865. The maximum atomic E-state index is 14.1. The molecule has 1 spiro atoms. The van der Waals surface area contributed by atoms with E-state index in [1.54, 1.807) is 16.9 Å². The summed E-state index contributed by atoms with van der Waals surface area (Å²) in [6.45, 7) is 2.91. The van der Waals surface area contributed by atoms with Crippen LogP contribution in [0.5, 0.6) is 5.75 Å². The lowest BCUT2D eigenvalue weighted by atomic mass is 10.0. The van der Waals surface area contributed by atoms with Gasteiger partial charge < -0.3 is 15.0 Å². The second-order valence-corrected chi connectivity index (χ2v) is 9.49. The topological polar surface area (TPSA) is 61.9 Å². The van der Waals surface area contributed by atoms with Gasteiger partial charge in [0.15, 0.2) is 4.87 Å². The zero-order valence-corrected chi connectivity index (χ0v) is 19.4. The quantitative estimate of drug-likeness (QED) is 0.598. The second kappa shape index (κ2) is 8.48. The van der Waals surface area contributed by atoms with Crippen LogP contribution in [0.2, 0.25) is 0 Å². The number of aryl methyl sites for hydroxylation is 1. The number of para-hydroxylation sites is 1. The highest BCUT2D eigenvalue weighted by atomic mass is 32.2. The molecule has 2 aliphatic rings. The Balaban J connectivity index is 1.53. The van der Waals surface area contributed by atoms with E-state index in [1.807, 2.05) is 79.7 Å². The number of amides is 3. The number of anilines is 2. The first kappa shape index (κ1) is 21.4. The third kappa shape index (κ3) is 3.62. The Bertz CT molecular complexity index is 1220. The number of methoxy groups -OCH3 is 1. The van der Waals surface area contributed by atoms with Crippen molar-refractivity contribution in [1.82, 2.24) is 4.90 Å². The van der Waals surface area contributed by atoms with Crippen LogP contribution < -0.4 is 15.0 Å². The Labute approximate surface area is 197 Å². The van der Waals surface area contributed by atoms with Crippen molar-refractivity contribution < 1.29 is 14.3 Å². The van der Waals surface area contributed by atoms with Crippen molar-refractivity contribution in [3.05, 3.63) is 89.5 Å². The fourth-order valence-corrected chi connectivity index (χ4v) is 6.00. The van der Waals surface area contributed by atoms with Crippen LogP contribution in [0.3, 0.4) is 0 Å². The number of carbonyl (C=O) groups excluding carboxylic acids is 2. The number of urea groups is 1. The number of nitrogens with one attached hydrogen (secondary N) is 1. The van der Waals surface area contributed by atoms with Crippen molar-refractivity contribution >= 4 is 35.1 Å². The smallest absolute Gasteiger partial charge is 0.323 e. The number of hydrogen-bond acceptors (Lipinski definition) is 4. The summed E-state index contributed by atoms with van der Waals surface area (Å²) in [6, 6.07) is 22.8. The number of carbonyl (C=O) groups is 2. The zero-order chi connectivity index (χ0) is 23.0. The van der Waals surface area contributed by atoms with Crippen LogP contribution in [0.15, 0.2) is 72.8 Å². The molecule has 2 aliphatic heterocycles. The molecule has 0 aromatic heterocycles. The zero-order valence-electron chi connectivity index (χ0n) is 18.6. The number of nitrogens with zero attached hydrogens (tertiary/aromatic N) is 2. The second-order valence-electron chi connectivity index (χ2n) is 8.20. The lowest BCUT2D eigenvalue weighted by molar-refractivity contribution is -0.123. The predicted molar refractivity (Wildman–Crippen MR) is 132 cm³/mol. The molecule has 0 saturated carbocycles. The van der Waals surface area contributed by atoms with Crippen LogP contribution in [0.1, 0.15) is 16.7 Å². The van der Waals surface area contributed by atoms with Crippen LogP contribution >= 0.6 is 11.8 Å². The third-order valence-corrected chi connectivity index (χ3v) is 7.51. The first-order valence-electron chi connectivity index (χ1n) is 10.9. The molecular formula is C26H25N3O3S. The molecule has 5 rings (SSSR count). The van der Waals surface area contributed by atoms with Crippen molar-refractivity contribution in [1.29, 1.82) is 0 Å². The summed E-state index contributed by atoms with van der Waals surface area (Å²) in [4.78, 5) is 29.9. The highest BCUT2D eigenvalue weighted by molar-refractivity contribution is 8.01. The van der Waals surface area contributed by atoms with Crippen LogP contribution in [0, 0.1) is 6.92 Å². The molecule has 1 saturated heterocycles. The molecule has 168 valence electrons. The molecule has 0 radical (unpaired) electrons. The molecule has 2 heterocycles. The van der Waals surface area contributed by atoms with Crippen LogP contribution in [0.4, 0.5) is 16.2 Å². The molecule has 1 atom stereocenters. The van der Waals surface area contributed by atoms with Gasteiger partial charge in [-0.05, 0) is 42.8 Å². The molecule has 0 bridgehead atoms. The molecule has 6 nitrogen and oxygen atoms in total. The summed E-state index contributed by atoms with van der Waals surface area (Å²) < 4.78 is 5.36. The molecule has 3 amide bonds. The number of fused-ring (bicyclic) bond motifs is 2. The van der Waals surface area contributed by atoms with Crippen molar-refractivity contribution in [2.75, 3.05) is 29.6 Å². The summed E-state index contributed by atoms with van der Waals surface area (Å²) in [6.07, 6.45) is 0. The molecule has 3 aromatic rings. The van der Waals surface area contributed by atoms with Crippen molar-refractivity contribution in [3.8, 4) is 5.75 Å². The van der Waals surface area contributed by atoms with Gasteiger partial charge in [-0.1, -0.05) is 48.0 Å². The van der Waals surface area contributed by atoms with E-state index in [1.165, 1.54) is 11.8 Å². The molecule has 7 heteroatoms. The van der Waals surface area contributed by atoms with E-state index in [0.29, 0.717) is 24.5 Å². The number of ether oxygens (including phenoxy) is 1. The molecule has 1 N–H and O–H groups in total. The standard InChI is InChI=1S/C26H25N3O3S/c1-18-11-12-23-22(15-18)26(24(30)28(23)17-19-7-6-10-21(16-19)32-2)29(13-14-33-26)25(31)27-20-8-4-3-5-9-20/h3-12,15-16H,13-14,17H2,1-2H3,(H,27,31)/t26-/m1/s1. The van der Waals surface area contributed by atoms with Gasteiger partial charge in [0.05, 0.1) is 19.3 Å². The van der Waals surface area contributed by atoms with Gasteiger partial charge >= 0.3 is 6.03 Å². The van der Waals surface area contributed by atoms with E-state index in [2.05, 4.69) is 5.32 Å².